The van der Waals surface area contributed by atoms with E-state index in [4.69, 9.17) is 0 Å². The van der Waals surface area contributed by atoms with E-state index in [1.165, 1.54) is 56.9 Å². The Morgan fingerprint density at radius 1 is 0.778 bits per heavy atom. The second kappa shape index (κ2) is 5.34. The highest BCUT2D eigenvalue weighted by molar-refractivity contribution is 5.35. The van der Waals surface area contributed by atoms with Crippen molar-refractivity contribution in [2.24, 2.45) is 11.8 Å². The SMILES string of the molecule is Oc1ccccc1C1CCC(C2CCCC2)CC1. The lowest BCUT2D eigenvalue weighted by Crippen LogP contribution is -2.19. The van der Waals surface area contributed by atoms with Crippen LogP contribution in [0.3, 0.4) is 0 Å². The van der Waals surface area contributed by atoms with Gasteiger partial charge in [-0.2, -0.15) is 0 Å². The summed E-state index contributed by atoms with van der Waals surface area (Å²) in [5, 5.41) is 9.94. The molecule has 0 atom stereocenters. The van der Waals surface area contributed by atoms with E-state index in [-0.39, 0.29) is 0 Å². The molecule has 0 saturated heterocycles. The molecule has 2 aliphatic carbocycles. The number of aromatic hydroxyl groups is 1. The molecule has 1 N–H and O–H groups in total. The number of hydrogen-bond donors (Lipinski definition) is 1. The van der Waals surface area contributed by atoms with Crippen molar-refractivity contribution in [1.82, 2.24) is 0 Å². The molecule has 1 nitrogen and oxygen atoms in total. The Bertz CT molecular complexity index is 384. The normalized spacial score (nSPS) is 29.6. The predicted molar refractivity (Wildman–Crippen MR) is 74.8 cm³/mol. The highest BCUT2D eigenvalue weighted by atomic mass is 16.3. The second-order valence-corrected chi connectivity index (χ2v) is 6.22. The van der Waals surface area contributed by atoms with Crippen molar-refractivity contribution in [2.75, 3.05) is 0 Å². The summed E-state index contributed by atoms with van der Waals surface area (Å²) in [6.07, 6.45) is 11.2. The Labute approximate surface area is 110 Å². The largest absolute Gasteiger partial charge is 0.508 e. The summed E-state index contributed by atoms with van der Waals surface area (Å²) in [6.45, 7) is 0. The topological polar surface area (TPSA) is 20.2 Å². The van der Waals surface area contributed by atoms with E-state index in [0.29, 0.717) is 11.7 Å². The van der Waals surface area contributed by atoms with Gasteiger partial charge < -0.3 is 5.11 Å². The first-order chi connectivity index (χ1) is 8.84. The monoisotopic (exact) mass is 244 g/mol. The molecule has 0 spiro atoms. The second-order valence-electron chi connectivity index (χ2n) is 6.22. The molecule has 2 aliphatic rings. The van der Waals surface area contributed by atoms with Crippen LogP contribution in [0, 0.1) is 11.8 Å². The highest BCUT2D eigenvalue weighted by Crippen LogP contribution is 2.44. The van der Waals surface area contributed by atoms with Crippen LogP contribution in [0.25, 0.3) is 0 Å². The van der Waals surface area contributed by atoms with Crippen LogP contribution < -0.4 is 0 Å². The van der Waals surface area contributed by atoms with Gasteiger partial charge in [-0.15, -0.1) is 0 Å². The Morgan fingerprint density at radius 2 is 1.39 bits per heavy atom. The molecule has 3 rings (SSSR count). The van der Waals surface area contributed by atoms with Gasteiger partial charge in [0.1, 0.15) is 5.75 Å². The fraction of sp³-hybridized carbons (Fsp3) is 0.647. The Hall–Kier alpha value is -0.980. The van der Waals surface area contributed by atoms with Crippen LogP contribution in [-0.2, 0) is 0 Å². The molecule has 0 aliphatic heterocycles. The Morgan fingerprint density at radius 3 is 2.06 bits per heavy atom. The maximum Gasteiger partial charge on any atom is 0.119 e. The van der Waals surface area contributed by atoms with Gasteiger partial charge in [0.25, 0.3) is 0 Å². The molecular weight excluding hydrogens is 220 g/mol. The first-order valence-corrected chi connectivity index (χ1v) is 7.62. The molecule has 2 fully saturated rings. The van der Waals surface area contributed by atoms with Crippen molar-refractivity contribution >= 4 is 0 Å². The molecule has 1 aromatic rings. The third-order valence-electron chi connectivity index (χ3n) is 5.21. The zero-order valence-corrected chi connectivity index (χ0v) is 11.1. The van der Waals surface area contributed by atoms with Crippen LogP contribution in [0.5, 0.6) is 5.75 Å². The van der Waals surface area contributed by atoms with Crippen LogP contribution in [0.1, 0.15) is 62.8 Å². The standard InChI is InChI=1S/C17H24O/c18-17-8-4-3-7-16(17)15-11-9-14(10-12-15)13-5-1-2-6-13/h3-4,7-8,13-15,18H,1-2,5-6,9-12H2. The van der Waals surface area contributed by atoms with Gasteiger partial charge >= 0.3 is 0 Å². The number of rotatable bonds is 2. The minimum Gasteiger partial charge on any atom is -0.508 e. The molecule has 98 valence electrons. The maximum atomic E-state index is 9.94. The molecule has 0 heterocycles. The summed E-state index contributed by atoms with van der Waals surface area (Å²) in [5.41, 5.74) is 1.18. The van der Waals surface area contributed by atoms with Gasteiger partial charge in [0.2, 0.25) is 0 Å². The smallest absolute Gasteiger partial charge is 0.119 e. The molecule has 0 amide bonds. The number of benzene rings is 1. The fourth-order valence-corrected chi connectivity index (χ4v) is 4.16. The highest BCUT2D eigenvalue weighted by Gasteiger charge is 2.30. The number of phenolic OH excluding ortho intramolecular Hbond substituents is 1. The number of para-hydroxylation sites is 1. The summed E-state index contributed by atoms with van der Waals surface area (Å²) < 4.78 is 0. The Kier molecular flexibility index (Phi) is 3.58. The van der Waals surface area contributed by atoms with Crippen LogP contribution in [-0.4, -0.2) is 5.11 Å². The lowest BCUT2D eigenvalue weighted by Gasteiger charge is -2.32. The summed E-state index contributed by atoms with van der Waals surface area (Å²) in [4.78, 5) is 0. The van der Waals surface area contributed by atoms with E-state index in [0.717, 1.165) is 11.8 Å². The van der Waals surface area contributed by atoms with Crippen molar-refractivity contribution in [3.05, 3.63) is 29.8 Å². The van der Waals surface area contributed by atoms with E-state index in [9.17, 15) is 5.11 Å². The zero-order chi connectivity index (χ0) is 12.4. The average molecular weight is 244 g/mol. The molecule has 1 aromatic carbocycles. The molecular formula is C17H24O. The van der Waals surface area contributed by atoms with Crippen molar-refractivity contribution < 1.29 is 5.11 Å². The molecule has 0 radical (unpaired) electrons. The van der Waals surface area contributed by atoms with E-state index in [1.807, 2.05) is 12.1 Å². The van der Waals surface area contributed by atoms with Crippen molar-refractivity contribution in [3.63, 3.8) is 0 Å². The summed E-state index contributed by atoms with van der Waals surface area (Å²) >= 11 is 0. The van der Waals surface area contributed by atoms with E-state index in [2.05, 4.69) is 12.1 Å². The van der Waals surface area contributed by atoms with E-state index in [1.54, 1.807) is 0 Å². The molecule has 0 aromatic heterocycles. The average Bonchev–Trinajstić information content (AvgIpc) is 2.94. The quantitative estimate of drug-likeness (QED) is 0.788. The minimum absolute atomic E-state index is 0.502. The van der Waals surface area contributed by atoms with Gasteiger partial charge in [-0.1, -0.05) is 43.9 Å². The number of phenols is 1. The van der Waals surface area contributed by atoms with Crippen LogP contribution in [0.15, 0.2) is 24.3 Å². The van der Waals surface area contributed by atoms with Crippen LogP contribution in [0.4, 0.5) is 0 Å². The molecule has 2 saturated carbocycles. The van der Waals surface area contributed by atoms with Gasteiger partial charge in [0, 0.05) is 0 Å². The van der Waals surface area contributed by atoms with Crippen LogP contribution in [0.2, 0.25) is 0 Å². The maximum absolute atomic E-state index is 9.94. The Balaban J connectivity index is 1.61. The van der Waals surface area contributed by atoms with E-state index < -0.39 is 0 Å². The summed E-state index contributed by atoms with van der Waals surface area (Å²) in [7, 11) is 0. The van der Waals surface area contributed by atoms with Crippen molar-refractivity contribution in [3.8, 4) is 5.75 Å². The van der Waals surface area contributed by atoms with Gasteiger partial charge in [-0.3, -0.25) is 0 Å². The van der Waals surface area contributed by atoms with Gasteiger partial charge in [0.05, 0.1) is 0 Å². The first kappa shape index (κ1) is 12.1. The molecule has 18 heavy (non-hydrogen) atoms. The zero-order valence-electron chi connectivity index (χ0n) is 11.1. The third kappa shape index (κ3) is 2.41. The number of hydrogen-bond acceptors (Lipinski definition) is 1. The molecule has 0 bridgehead atoms. The summed E-state index contributed by atoms with van der Waals surface area (Å²) in [5.74, 6) is 3.11. The third-order valence-corrected chi connectivity index (χ3v) is 5.21. The first-order valence-electron chi connectivity index (χ1n) is 7.62. The van der Waals surface area contributed by atoms with Gasteiger partial charge in [-0.05, 0) is 55.1 Å². The lowest BCUT2D eigenvalue weighted by atomic mass is 9.73. The van der Waals surface area contributed by atoms with E-state index >= 15 is 0 Å². The van der Waals surface area contributed by atoms with Crippen LogP contribution >= 0.6 is 0 Å². The minimum atomic E-state index is 0.502. The molecule has 1 heteroatoms. The van der Waals surface area contributed by atoms with Crippen molar-refractivity contribution in [1.29, 1.82) is 0 Å². The fourth-order valence-electron chi connectivity index (χ4n) is 4.16. The summed E-state index contributed by atoms with van der Waals surface area (Å²) in [6, 6.07) is 7.91. The van der Waals surface area contributed by atoms with Gasteiger partial charge in [-0.25, -0.2) is 0 Å². The molecule has 0 unspecified atom stereocenters. The predicted octanol–water partition coefficient (Wildman–Crippen LogP) is 4.86. The lowest BCUT2D eigenvalue weighted by molar-refractivity contribution is 0.233. The van der Waals surface area contributed by atoms with Crippen molar-refractivity contribution in [2.45, 2.75) is 57.3 Å². The van der Waals surface area contributed by atoms with Gasteiger partial charge in [0.15, 0.2) is 0 Å².